The molecule has 3 amide bonds. The van der Waals surface area contributed by atoms with Crippen LogP contribution in [-0.4, -0.2) is 98.0 Å². The number of nitrogens with zero attached hydrogens (tertiary/aromatic N) is 4. The number of likely N-dealkylation sites (N-methyl/N-ethyl adjacent to an activating group) is 1. The molecule has 2 aromatic carbocycles. The van der Waals surface area contributed by atoms with Gasteiger partial charge in [0.2, 0.25) is 17.4 Å². The van der Waals surface area contributed by atoms with E-state index in [1.165, 1.54) is 36.5 Å². The van der Waals surface area contributed by atoms with Gasteiger partial charge in [-0.3, -0.25) is 23.7 Å². The summed E-state index contributed by atoms with van der Waals surface area (Å²) in [5.74, 6) is -2.28. The molecule has 1 unspecified atom stereocenters. The summed E-state index contributed by atoms with van der Waals surface area (Å²) in [6, 6.07) is 10.7. The Morgan fingerprint density at radius 3 is 2.50 bits per heavy atom. The second-order valence-electron chi connectivity index (χ2n) is 13.1. The molecule has 3 aromatic rings. The number of hydrogen-bond acceptors (Lipinski definition) is 7. The average Bonchev–Trinajstić information content (AvgIpc) is 3.72. The van der Waals surface area contributed by atoms with Crippen LogP contribution in [0.3, 0.4) is 0 Å². The van der Waals surface area contributed by atoms with Gasteiger partial charge in [0.25, 0.3) is 5.91 Å². The summed E-state index contributed by atoms with van der Waals surface area (Å²) < 4.78 is 40.3. The number of rotatable bonds is 7. The van der Waals surface area contributed by atoms with E-state index in [2.05, 4.69) is 16.4 Å². The summed E-state index contributed by atoms with van der Waals surface area (Å²) in [5.41, 5.74) is -4.93. The number of hydrogen-bond donors (Lipinski definition) is 4. The van der Waals surface area contributed by atoms with Crippen molar-refractivity contribution < 1.29 is 37.5 Å². The number of fused-ring (bicyclic) bond motifs is 2. The molecule has 5 atom stereocenters. The predicted octanol–water partition coefficient (Wildman–Crippen LogP) is 2.70. The first-order chi connectivity index (χ1) is 23.7. The summed E-state index contributed by atoms with van der Waals surface area (Å²) in [6.07, 6.45) is 3.13. The van der Waals surface area contributed by atoms with E-state index in [-0.39, 0.29) is 54.0 Å². The van der Waals surface area contributed by atoms with Crippen LogP contribution in [0.25, 0.3) is 10.8 Å². The van der Waals surface area contributed by atoms with E-state index in [0.29, 0.717) is 43.3 Å². The molecule has 0 saturated carbocycles. The molecule has 3 aliphatic rings. The second-order valence-corrected chi connectivity index (χ2v) is 14.8. The monoisotopic (exact) mass is 710 g/mol. The highest BCUT2D eigenvalue weighted by molar-refractivity contribution is 7.52. The van der Waals surface area contributed by atoms with Crippen LogP contribution in [0.5, 0.6) is 0 Å². The van der Waals surface area contributed by atoms with E-state index < -0.39 is 48.6 Å². The molecule has 0 radical (unpaired) electrons. The van der Waals surface area contributed by atoms with Crippen LogP contribution in [0.4, 0.5) is 8.78 Å². The van der Waals surface area contributed by atoms with Gasteiger partial charge in [-0.2, -0.15) is 14.0 Å². The van der Waals surface area contributed by atoms with Crippen molar-refractivity contribution in [3.63, 3.8) is 0 Å². The molecule has 3 fully saturated rings. The molecule has 4 heterocycles. The maximum Gasteiger partial charge on any atom is 0.399 e. The lowest BCUT2D eigenvalue weighted by molar-refractivity contribution is -0.147. The van der Waals surface area contributed by atoms with Crippen molar-refractivity contribution in [1.82, 2.24) is 25.0 Å². The van der Waals surface area contributed by atoms with E-state index >= 15 is 0 Å². The lowest BCUT2D eigenvalue weighted by atomic mass is 9.91. The van der Waals surface area contributed by atoms with Gasteiger partial charge in [0.05, 0.1) is 12.0 Å². The minimum Gasteiger partial charge on any atom is -0.339 e. The molecule has 50 heavy (non-hydrogen) atoms. The van der Waals surface area contributed by atoms with Gasteiger partial charge in [-0.15, -0.1) is 0 Å². The van der Waals surface area contributed by atoms with Crippen molar-refractivity contribution in [3.05, 3.63) is 81.8 Å². The highest BCUT2D eigenvalue weighted by Gasteiger charge is 2.51. The van der Waals surface area contributed by atoms with Crippen LogP contribution < -0.4 is 10.9 Å². The van der Waals surface area contributed by atoms with E-state index in [1.54, 1.807) is 15.9 Å². The summed E-state index contributed by atoms with van der Waals surface area (Å²) in [6.45, 7) is 3.71. The van der Waals surface area contributed by atoms with Gasteiger partial charge in [-0.25, -0.2) is 0 Å². The van der Waals surface area contributed by atoms with Crippen molar-refractivity contribution >= 4 is 36.1 Å². The van der Waals surface area contributed by atoms with Crippen LogP contribution in [0.1, 0.15) is 53.6 Å². The molecule has 6 rings (SSSR count). The van der Waals surface area contributed by atoms with Crippen LogP contribution in [0.15, 0.2) is 59.5 Å². The Morgan fingerprint density at radius 2 is 1.80 bits per heavy atom. The van der Waals surface area contributed by atoms with Crippen molar-refractivity contribution in [2.24, 2.45) is 5.92 Å². The molecule has 0 aliphatic carbocycles. The number of nitrogens with one attached hydrogen (secondary N) is 2. The first-order valence-electron chi connectivity index (χ1n) is 16.4. The number of carbonyl (C=O) groups is 3. The maximum absolute atomic E-state index is 14.4. The topological polar surface area (TPSA) is 187 Å². The minimum absolute atomic E-state index is 0.0445. The second kappa shape index (κ2) is 13.7. The van der Waals surface area contributed by atoms with E-state index in [4.69, 9.17) is 0 Å². The third-order valence-electron chi connectivity index (χ3n) is 10.2. The van der Waals surface area contributed by atoms with E-state index in [9.17, 15) is 47.6 Å². The number of halogens is 2. The normalized spacial score (nSPS) is 24.8. The Bertz CT molecular complexity index is 1980. The van der Waals surface area contributed by atoms with E-state index in [1.807, 2.05) is 11.8 Å². The minimum atomic E-state index is -5.81. The summed E-state index contributed by atoms with van der Waals surface area (Å²) in [5, 5.41) is 13.3. The van der Waals surface area contributed by atoms with Crippen LogP contribution >= 0.6 is 7.60 Å². The third-order valence-corrected chi connectivity index (χ3v) is 11.1. The molecule has 1 aromatic heterocycles. The number of alkyl halides is 2. The maximum atomic E-state index is 14.4. The predicted molar refractivity (Wildman–Crippen MR) is 177 cm³/mol. The number of aromatic amines is 1. The van der Waals surface area contributed by atoms with Gasteiger partial charge in [0, 0.05) is 61.5 Å². The van der Waals surface area contributed by atoms with Crippen LogP contribution in [-0.2, 0) is 19.8 Å². The fourth-order valence-electron chi connectivity index (χ4n) is 7.42. The van der Waals surface area contributed by atoms with Gasteiger partial charge < -0.3 is 34.8 Å². The van der Waals surface area contributed by atoms with Crippen molar-refractivity contribution in [2.45, 2.75) is 55.9 Å². The highest BCUT2D eigenvalue weighted by Crippen LogP contribution is 2.59. The number of carbonyl (C=O) groups excluding carboxylic acids is 3. The van der Waals surface area contributed by atoms with Crippen molar-refractivity contribution in [3.8, 4) is 6.07 Å². The smallest absolute Gasteiger partial charge is 0.339 e. The van der Waals surface area contributed by atoms with Crippen LogP contribution in [0.2, 0.25) is 0 Å². The zero-order chi connectivity index (χ0) is 36.0. The Hall–Kier alpha value is -4.48. The number of nitriles is 1. The Morgan fingerprint density at radius 1 is 1.04 bits per heavy atom. The molecule has 3 saturated heterocycles. The number of pyridine rings is 1. The zero-order valence-electron chi connectivity index (χ0n) is 27.2. The zero-order valence-corrected chi connectivity index (χ0v) is 28.1. The summed E-state index contributed by atoms with van der Waals surface area (Å²) in [4.78, 5) is 80.1. The fraction of sp³-hybridized carbons (Fsp3) is 0.441. The molecule has 4 N–H and O–H groups in total. The number of likely N-dealkylation sites (tertiary alicyclic amines) is 1. The number of H-pyrrole nitrogens is 1. The van der Waals surface area contributed by atoms with Gasteiger partial charge in [0.15, 0.2) is 0 Å². The Labute approximate surface area is 286 Å². The van der Waals surface area contributed by atoms with Gasteiger partial charge in [-0.1, -0.05) is 25.1 Å². The van der Waals surface area contributed by atoms with Gasteiger partial charge in [-0.05, 0) is 66.4 Å². The molecular weight excluding hydrogens is 673 g/mol. The quantitative estimate of drug-likeness (QED) is 0.268. The summed E-state index contributed by atoms with van der Waals surface area (Å²) in [7, 11) is -5.81. The Balaban J connectivity index is 1.24. The number of aromatic nitrogens is 1. The van der Waals surface area contributed by atoms with Crippen molar-refractivity contribution in [1.29, 1.82) is 5.26 Å². The molecular formula is C34H37F2N6O7P. The first kappa shape index (κ1) is 35.3. The molecule has 13 nitrogen and oxygen atoms in total. The SMILES string of the molecule is CCN1CC[C@H]2CC[C@@H](C(=O)N3C[C@@H](C#N)[C@H](c4cc[nH]c(=O)c4)C3)N2C(=O)C(NC(=O)c2ccc3ccc(C(F)(F)P(=O)(O)O)cc3c2)C1. The molecule has 3 aliphatic heterocycles. The lowest BCUT2D eigenvalue weighted by Gasteiger charge is -2.39. The first-order valence-corrected chi connectivity index (χ1v) is 18.0. The molecule has 0 spiro atoms. The van der Waals surface area contributed by atoms with E-state index in [0.717, 1.165) is 12.1 Å². The van der Waals surface area contributed by atoms with Gasteiger partial charge in [0.1, 0.15) is 12.1 Å². The highest BCUT2D eigenvalue weighted by atomic mass is 31.2. The Kier molecular flexibility index (Phi) is 9.67. The molecule has 0 bridgehead atoms. The third kappa shape index (κ3) is 6.68. The molecule has 264 valence electrons. The van der Waals surface area contributed by atoms with Crippen LogP contribution in [0, 0.1) is 17.2 Å². The lowest BCUT2D eigenvalue weighted by Crippen LogP contribution is -2.60. The number of benzene rings is 2. The fourth-order valence-corrected chi connectivity index (χ4v) is 7.89. The number of amides is 3. The van der Waals surface area contributed by atoms with Gasteiger partial charge >= 0.3 is 13.3 Å². The van der Waals surface area contributed by atoms with Crippen molar-refractivity contribution in [2.75, 3.05) is 32.7 Å². The summed E-state index contributed by atoms with van der Waals surface area (Å²) >= 11 is 0. The largest absolute Gasteiger partial charge is 0.399 e. The molecule has 16 heteroatoms. The standard InChI is InChI=1S/C34H37F2N6O7P/c1-2-40-12-10-26-7-8-29(33(46)41-17-24(16-37)27(18-41)21-9-11-38-30(43)15-21)42(26)32(45)28(19-40)39-31(44)22-4-3-20-5-6-25(14-23(20)13-22)34(35,36)50(47,48)49/h3-6,9,11,13-15,24,26-29H,2,7-8,10,12,17-19H2,1H3,(H,38,43)(H,39,44)(H2,47,48,49)/t24-,26-,27+,28?,29+/m1/s1. The average molecular weight is 711 g/mol.